The molecule has 1 aliphatic rings. The molecule has 1 heterocycles. The van der Waals surface area contributed by atoms with Crippen LogP contribution in [0.5, 0.6) is 0 Å². The topological polar surface area (TPSA) is 27.7 Å². The Labute approximate surface area is 55.1 Å². The highest BCUT2D eigenvalue weighted by Gasteiger charge is 1.96. The average Bonchev–Trinajstić information content (AvgIpc) is 1.93. The van der Waals surface area contributed by atoms with Crippen molar-refractivity contribution in [2.75, 3.05) is 13.2 Å². The Bertz CT molecular complexity index is 47.8. The zero-order valence-corrected chi connectivity index (χ0v) is 5.63. The Kier molecular flexibility index (Phi) is 7.30. The highest BCUT2D eigenvalue weighted by atomic mass is 17.5. The van der Waals surface area contributed by atoms with E-state index in [2.05, 4.69) is 21.4 Å². The molecule has 0 amide bonds. The van der Waals surface area contributed by atoms with E-state index in [-0.39, 0.29) is 0 Å². The molecule has 0 aliphatic carbocycles. The first-order chi connectivity index (χ1) is 4.41. The molecule has 0 radical (unpaired) electrons. The van der Waals surface area contributed by atoms with Crippen LogP contribution in [0.15, 0.2) is 12.7 Å². The van der Waals surface area contributed by atoms with Gasteiger partial charge in [0.25, 0.3) is 0 Å². The Morgan fingerprint density at radius 3 is 1.89 bits per heavy atom. The van der Waals surface area contributed by atoms with Crippen LogP contribution in [0.25, 0.3) is 0 Å². The molecule has 0 spiro atoms. The summed E-state index contributed by atoms with van der Waals surface area (Å²) >= 11 is 0. The fourth-order valence-electron chi connectivity index (χ4n) is 0.279. The van der Waals surface area contributed by atoms with E-state index in [0.29, 0.717) is 13.2 Å². The minimum absolute atomic E-state index is 0.653. The predicted octanol–water partition coefficient (Wildman–Crippen LogP) is 1.46. The fraction of sp³-hybridized carbons (Fsp3) is 0.667. The average molecular weight is 132 g/mol. The molecule has 3 heteroatoms. The molecule has 0 saturated carbocycles. The SMILES string of the molecule is C1COOOC1.C=CC. The first kappa shape index (κ1) is 8.62. The van der Waals surface area contributed by atoms with Crippen molar-refractivity contribution in [1.29, 1.82) is 0 Å². The number of rotatable bonds is 0. The summed E-state index contributed by atoms with van der Waals surface area (Å²) in [6.07, 6.45) is 2.68. The maximum absolute atomic E-state index is 4.35. The van der Waals surface area contributed by atoms with Crippen LogP contribution < -0.4 is 0 Å². The van der Waals surface area contributed by atoms with Gasteiger partial charge < -0.3 is 0 Å². The Balaban J connectivity index is 0.000000187. The zero-order valence-electron chi connectivity index (χ0n) is 5.63. The maximum Gasteiger partial charge on any atom is 0.0877 e. The summed E-state index contributed by atoms with van der Waals surface area (Å²) in [5.74, 6) is 0. The van der Waals surface area contributed by atoms with E-state index < -0.39 is 0 Å². The minimum Gasteiger partial charge on any atom is -0.206 e. The molecule has 54 valence electrons. The molecule has 1 aliphatic heterocycles. The van der Waals surface area contributed by atoms with Gasteiger partial charge in [-0.05, 0) is 6.92 Å². The third kappa shape index (κ3) is 7.62. The number of allylic oxidation sites excluding steroid dienone is 1. The Morgan fingerprint density at radius 2 is 1.78 bits per heavy atom. The standard InChI is InChI=1S/C3H6O3.C3H6/c1-2-4-6-5-3-1;1-3-2/h1-3H2;3H,1H2,2H3. The van der Waals surface area contributed by atoms with E-state index in [1.165, 1.54) is 0 Å². The van der Waals surface area contributed by atoms with Gasteiger partial charge in [-0.25, -0.2) is 9.78 Å². The van der Waals surface area contributed by atoms with Crippen LogP contribution in [0.4, 0.5) is 0 Å². The zero-order chi connectivity index (χ0) is 6.95. The summed E-state index contributed by atoms with van der Waals surface area (Å²) in [5, 5.41) is 4.07. The highest BCUT2D eigenvalue weighted by Crippen LogP contribution is 1.93. The maximum atomic E-state index is 4.35. The highest BCUT2D eigenvalue weighted by molar-refractivity contribution is 4.51. The quantitative estimate of drug-likeness (QED) is 0.369. The molecular weight excluding hydrogens is 120 g/mol. The molecule has 1 saturated heterocycles. The van der Waals surface area contributed by atoms with E-state index >= 15 is 0 Å². The summed E-state index contributed by atoms with van der Waals surface area (Å²) in [6.45, 7) is 6.56. The molecule has 1 rings (SSSR count). The van der Waals surface area contributed by atoms with E-state index in [1.54, 1.807) is 6.08 Å². The van der Waals surface area contributed by atoms with E-state index in [0.717, 1.165) is 6.42 Å². The predicted molar refractivity (Wildman–Crippen MR) is 33.5 cm³/mol. The van der Waals surface area contributed by atoms with E-state index in [1.807, 2.05) is 6.92 Å². The van der Waals surface area contributed by atoms with Crippen LogP contribution >= 0.6 is 0 Å². The van der Waals surface area contributed by atoms with Gasteiger partial charge in [-0.2, -0.15) is 0 Å². The van der Waals surface area contributed by atoms with E-state index in [9.17, 15) is 0 Å². The van der Waals surface area contributed by atoms with Gasteiger partial charge in [-0.15, -0.1) is 6.58 Å². The molecule has 0 unspecified atom stereocenters. The molecule has 0 N–H and O–H groups in total. The van der Waals surface area contributed by atoms with Crippen molar-refractivity contribution in [3.8, 4) is 0 Å². The van der Waals surface area contributed by atoms with Crippen molar-refractivity contribution >= 4 is 0 Å². The normalized spacial score (nSPS) is 17.4. The van der Waals surface area contributed by atoms with Crippen molar-refractivity contribution in [2.45, 2.75) is 13.3 Å². The van der Waals surface area contributed by atoms with Crippen molar-refractivity contribution in [3.05, 3.63) is 12.7 Å². The lowest BCUT2D eigenvalue weighted by Gasteiger charge is -2.06. The minimum atomic E-state index is 0.653. The van der Waals surface area contributed by atoms with Crippen LogP contribution in [0.2, 0.25) is 0 Å². The van der Waals surface area contributed by atoms with Crippen molar-refractivity contribution < 1.29 is 14.8 Å². The van der Waals surface area contributed by atoms with Gasteiger partial charge in [0.15, 0.2) is 0 Å². The van der Waals surface area contributed by atoms with Crippen LogP contribution in [0, 0.1) is 0 Å². The molecule has 0 bridgehead atoms. The lowest BCUT2D eigenvalue weighted by Crippen LogP contribution is -2.08. The Hall–Kier alpha value is -0.380. The third-order valence-electron chi connectivity index (χ3n) is 0.552. The van der Waals surface area contributed by atoms with Gasteiger partial charge in [0, 0.05) is 6.42 Å². The van der Waals surface area contributed by atoms with Crippen LogP contribution in [-0.2, 0) is 14.8 Å². The molecule has 0 aromatic heterocycles. The molecule has 1 fully saturated rings. The van der Waals surface area contributed by atoms with Gasteiger partial charge >= 0.3 is 0 Å². The van der Waals surface area contributed by atoms with Crippen LogP contribution in [0.1, 0.15) is 13.3 Å². The molecule has 0 aromatic rings. The van der Waals surface area contributed by atoms with Gasteiger partial charge in [0.1, 0.15) is 0 Å². The van der Waals surface area contributed by atoms with Crippen LogP contribution in [0.3, 0.4) is 0 Å². The van der Waals surface area contributed by atoms with Gasteiger partial charge in [-0.1, -0.05) is 11.1 Å². The van der Waals surface area contributed by atoms with Crippen molar-refractivity contribution in [2.24, 2.45) is 0 Å². The summed E-state index contributed by atoms with van der Waals surface area (Å²) < 4.78 is 0. The van der Waals surface area contributed by atoms with Crippen LogP contribution in [-0.4, -0.2) is 13.2 Å². The molecule has 9 heavy (non-hydrogen) atoms. The lowest BCUT2D eigenvalue weighted by atomic mass is 10.5. The fourth-order valence-corrected chi connectivity index (χ4v) is 0.279. The second-order valence-electron chi connectivity index (χ2n) is 1.47. The van der Waals surface area contributed by atoms with Crippen molar-refractivity contribution in [1.82, 2.24) is 0 Å². The van der Waals surface area contributed by atoms with Crippen molar-refractivity contribution in [3.63, 3.8) is 0 Å². The largest absolute Gasteiger partial charge is 0.206 e. The van der Waals surface area contributed by atoms with Gasteiger partial charge in [0.05, 0.1) is 13.2 Å². The monoisotopic (exact) mass is 132 g/mol. The molecule has 3 nitrogen and oxygen atoms in total. The molecule has 0 aromatic carbocycles. The summed E-state index contributed by atoms with van der Waals surface area (Å²) in [6, 6.07) is 0. The number of hydrogen-bond acceptors (Lipinski definition) is 3. The molecule has 0 atom stereocenters. The second kappa shape index (κ2) is 7.62. The molecular formula is C6H12O3. The third-order valence-corrected chi connectivity index (χ3v) is 0.552. The lowest BCUT2D eigenvalue weighted by molar-refractivity contribution is -0.532. The number of hydrogen-bond donors (Lipinski definition) is 0. The van der Waals surface area contributed by atoms with E-state index in [4.69, 9.17) is 0 Å². The summed E-state index contributed by atoms with van der Waals surface area (Å²) in [4.78, 5) is 8.69. The Morgan fingerprint density at radius 1 is 1.33 bits per heavy atom. The summed E-state index contributed by atoms with van der Waals surface area (Å²) in [5.41, 5.74) is 0. The summed E-state index contributed by atoms with van der Waals surface area (Å²) in [7, 11) is 0. The first-order valence-corrected chi connectivity index (χ1v) is 2.90. The first-order valence-electron chi connectivity index (χ1n) is 2.90. The van der Waals surface area contributed by atoms with Gasteiger partial charge in [-0.3, -0.25) is 0 Å². The smallest absolute Gasteiger partial charge is 0.0877 e. The van der Waals surface area contributed by atoms with Gasteiger partial charge in [0.2, 0.25) is 0 Å². The second-order valence-corrected chi connectivity index (χ2v) is 1.47.